The van der Waals surface area contributed by atoms with E-state index in [0.29, 0.717) is 5.75 Å². The summed E-state index contributed by atoms with van der Waals surface area (Å²) in [6, 6.07) is 9.40. The third-order valence-corrected chi connectivity index (χ3v) is 5.35. The minimum absolute atomic E-state index is 0. The molecule has 27 heavy (non-hydrogen) atoms. The van der Waals surface area contributed by atoms with Gasteiger partial charge in [0.25, 0.3) is 0 Å². The van der Waals surface area contributed by atoms with Crippen LogP contribution < -0.4 is 14.4 Å². The number of carbonyl (C=O) groups excluding carboxylic acids is 1. The van der Waals surface area contributed by atoms with E-state index in [1.165, 1.54) is 11.3 Å². The number of nitrogens with zero attached hydrogens (tertiary/aromatic N) is 2. The summed E-state index contributed by atoms with van der Waals surface area (Å²) in [5.41, 5.74) is 0.817. The molecule has 1 aliphatic rings. The van der Waals surface area contributed by atoms with Gasteiger partial charge in [-0.1, -0.05) is 12.5 Å². The van der Waals surface area contributed by atoms with Crippen LogP contribution in [0.5, 0.6) is 11.5 Å². The Hall–Kier alpha value is -1.86. The second-order valence-electron chi connectivity index (χ2n) is 6.13. The molecular weight excluding hydrogens is 428 g/mol. The zero-order valence-electron chi connectivity index (χ0n) is 15.6. The highest BCUT2D eigenvalue weighted by Gasteiger charge is 2.23. The molecule has 0 saturated heterocycles. The Balaban J connectivity index is 0.00000261. The molecule has 0 aliphatic carbocycles. The Morgan fingerprint density at radius 2 is 2.04 bits per heavy atom. The lowest BCUT2D eigenvalue weighted by Gasteiger charge is -2.27. The predicted molar refractivity (Wildman–Crippen MR) is 117 cm³/mol. The first-order valence-electron chi connectivity index (χ1n) is 8.82. The number of benzene rings is 1. The van der Waals surface area contributed by atoms with Crippen molar-refractivity contribution < 1.29 is 14.3 Å². The van der Waals surface area contributed by atoms with E-state index in [0.717, 1.165) is 54.4 Å². The molecule has 0 N–H and O–H groups in total. The molecule has 0 fully saturated rings. The van der Waals surface area contributed by atoms with Gasteiger partial charge in [-0.2, -0.15) is 0 Å². The number of carbonyl (C=O) groups is 1. The lowest BCUT2D eigenvalue weighted by atomic mass is 10.1. The minimum atomic E-state index is 0. The highest BCUT2D eigenvalue weighted by Crippen LogP contribution is 2.34. The summed E-state index contributed by atoms with van der Waals surface area (Å²) >= 11 is 1.46. The number of thiophene rings is 1. The van der Waals surface area contributed by atoms with Crippen molar-refractivity contribution in [1.29, 1.82) is 0 Å². The SMILES string of the molecule is Br.COc1ccc(OC)c(N(CC(=O)c2cccs2)C2=NCCCCC2)c1. The molecule has 2 heterocycles. The predicted octanol–water partition coefficient (Wildman–Crippen LogP) is 5.01. The molecule has 7 heteroatoms. The standard InChI is InChI=1S/C20H24N2O3S.BrH/c1-24-15-9-10-18(25-2)16(13-15)22(20-8-4-3-5-11-21-20)14-17(23)19-7-6-12-26-19;/h6-7,9-10,12-13H,3-5,8,11,14H2,1-2H3;1H. The summed E-state index contributed by atoms with van der Waals surface area (Å²) in [6.07, 6.45) is 4.19. The number of ether oxygens (including phenoxy) is 2. The average Bonchev–Trinajstić information content (AvgIpc) is 3.09. The fourth-order valence-corrected chi connectivity index (χ4v) is 3.72. The van der Waals surface area contributed by atoms with E-state index in [-0.39, 0.29) is 29.3 Å². The van der Waals surface area contributed by atoms with Crippen molar-refractivity contribution in [3.05, 3.63) is 40.6 Å². The number of hydrogen-bond acceptors (Lipinski definition) is 6. The summed E-state index contributed by atoms with van der Waals surface area (Å²) < 4.78 is 10.9. The number of methoxy groups -OCH3 is 2. The van der Waals surface area contributed by atoms with Crippen molar-refractivity contribution in [2.75, 3.05) is 32.2 Å². The van der Waals surface area contributed by atoms with Crippen molar-refractivity contribution >= 4 is 45.6 Å². The van der Waals surface area contributed by atoms with Gasteiger partial charge in [0, 0.05) is 19.0 Å². The third kappa shape index (κ3) is 5.32. The van der Waals surface area contributed by atoms with Crippen molar-refractivity contribution in [2.45, 2.75) is 25.7 Å². The monoisotopic (exact) mass is 452 g/mol. The molecule has 0 saturated carbocycles. The third-order valence-electron chi connectivity index (χ3n) is 4.44. The summed E-state index contributed by atoms with van der Waals surface area (Å²) in [6.45, 7) is 1.04. The lowest BCUT2D eigenvalue weighted by Crippen LogP contribution is -2.36. The Morgan fingerprint density at radius 1 is 1.19 bits per heavy atom. The maximum Gasteiger partial charge on any atom is 0.192 e. The molecule has 1 aromatic carbocycles. The highest BCUT2D eigenvalue weighted by molar-refractivity contribution is 8.93. The van der Waals surface area contributed by atoms with E-state index in [4.69, 9.17) is 14.5 Å². The van der Waals surface area contributed by atoms with E-state index in [9.17, 15) is 4.79 Å². The zero-order chi connectivity index (χ0) is 18.4. The first kappa shape index (κ1) is 21.4. The molecule has 5 nitrogen and oxygen atoms in total. The van der Waals surface area contributed by atoms with Crippen LogP contribution in [-0.4, -0.2) is 38.9 Å². The molecule has 0 unspecified atom stereocenters. The fraction of sp³-hybridized carbons (Fsp3) is 0.400. The molecule has 1 aliphatic heterocycles. The van der Waals surface area contributed by atoms with Crippen molar-refractivity contribution in [3.63, 3.8) is 0 Å². The summed E-state index contributed by atoms with van der Waals surface area (Å²) in [5, 5.41) is 1.92. The Labute approximate surface area is 174 Å². The number of anilines is 1. The zero-order valence-corrected chi connectivity index (χ0v) is 18.2. The van der Waals surface area contributed by atoms with E-state index >= 15 is 0 Å². The minimum Gasteiger partial charge on any atom is -0.497 e. The van der Waals surface area contributed by atoms with Gasteiger partial charge in [0.15, 0.2) is 5.78 Å². The summed E-state index contributed by atoms with van der Waals surface area (Å²) in [5.74, 6) is 2.45. The normalized spacial score (nSPS) is 13.8. The van der Waals surface area contributed by atoms with Crippen molar-refractivity contribution in [1.82, 2.24) is 0 Å². The van der Waals surface area contributed by atoms with Gasteiger partial charge < -0.3 is 14.4 Å². The van der Waals surface area contributed by atoms with Gasteiger partial charge in [0.1, 0.15) is 17.3 Å². The first-order chi connectivity index (χ1) is 12.7. The summed E-state index contributed by atoms with van der Waals surface area (Å²) in [7, 11) is 3.27. The van der Waals surface area contributed by atoms with E-state index in [1.807, 2.05) is 40.6 Å². The second-order valence-corrected chi connectivity index (χ2v) is 7.08. The Kier molecular flexibility index (Phi) is 8.31. The Morgan fingerprint density at radius 3 is 2.74 bits per heavy atom. The van der Waals surface area contributed by atoms with E-state index in [2.05, 4.69) is 0 Å². The van der Waals surface area contributed by atoms with Crippen LogP contribution in [0.1, 0.15) is 35.4 Å². The van der Waals surface area contributed by atoms with Gasteiger partial charge in [-0.3, -0.25) is 9.79 Å². The van der Waals surface area contributed by atoms with Crippen LogP contribution in [0.3, 0.4) is 0 Å². The lowest BCUT2D eigenvalue weighted by molar-refractivity contribution is 0.101. The number of amidine groups is 1. The Bertz CT molecular complexity index is 778. The largest absolute Gasteiger partial charge is 0.497 e. The van der Waals surface area contributed by atoms with Crippen LogP contribution in [0.2, 0.25) is 0 Å². The van der Waals surface area contributed by atoms with Gasteiger partial charge in [-0.05, 0) is 36.4 Å². The molecule has 146 valence electrons. The molecule has 1 aromatic heterocycles. The van der Waals surface area contributed by atoms with Gasteiger partial charge in [0.2, 0.25) is 0 Å². The smallest absolute Gasteiger partial charge is 0.192 e. The van der Waals surface area contributed by atoms with Crippen LogP contribution in [0.15, 0.2) is 40.7 Å². The van der Waals surface area contributed by atoms with Crippen molar-refractivity contribution in [3.8, 4) is 11.5 Å². The number of rotatable bonds is 6. The topological polar surface area (TPSA) is 51.1 Å². The number of ketones is 1. The highest BCUT2D eigenvalue weighted by atomic mass is 79.9. The number of hydrogen-bond donors (Lipinski definition) is 0. The van der Waals surface area contributed by atoms with E-state index < -0.39 is 0 Å². The summed E-state index contributed by atoms with van der Waals surface area (Å²) in [4.78, 5) is 20.3. The van der Waals surface area contributed by atoms with E-state index in [1.54, 1.807) is 14.2 Å². The molecule has 0 radical (unpaired) electrons. The number of halogens is 1. The number of aliphatic imine (C=N–C) groups is 1. The van der Waals surface area contributed by atoms with Crippen LogP contribution in [0, 0.1) is 0 Å². The quantitative estimate of drug-likeness (QED) is 0.578. The maximum atomic E-state index is 12.8. The van der Waals surface area contributed by atoms with Crippen LogP contribution in [0.4, 0.5) is 5.69 Å². The molecule has 0 spiro atoms. The van der Waals surface area contributed by atoms with Gasteiger partial charge in [-0.25, -0.2) is 0 Å². The fourth-order valence-electron chi connectivity index (χ4n) is 3.06. The molecular formula is C20H25BrN2O3S. The molecule has 0 amide bonds. The van der Waals surface area contributed by atoms with Crippen LogP contribution in [0.25, 0.3) is 0 Å². The molecule has 0 bridgehead atoms. The average molecular weight is 453 g/mol. The van der Waals surface area contributed by atoms with Gasteiger partial charge in [0.05, 0.1) is 31.3 Å². The number of Topliss-reactive ketones (excluding diaryl/α,β-unsaturated/α-hetero) is 1. The molecule has 0 atom stereocenters. The second kappa shape index (κ2) is 10.5. The van der Waals surface area contributed by atoms with Crippen LogP contribution >= 0.6 is 28.3 Å². The van der Waals surface area contributed by atoms with Crippen molar-refractivity contribution in [2.24, 2.45) is 4.99 Å². The van der Waals surface area contributed by atoms with Gasteiger partial charge >= 0.3 is 0 Å². The molecule has 3 rings (SSSR count). The van der Waals surface area contributed by atoms with Gasteiger partial charge in [-0.15, -0.1) is 28.3 Å². The maximum absolute atomic E-state index is 12.8. The molecule has 2 aromatic rings. The first-order valence-corrected chi connectivity index (χ1v) is 9.70. The van der Waals surface area contributed by atoms with Crippen LogP contribution in [-0.2, 0) is 0 Å².